The summed E-state index contributed by atoms with van der Waals surface area (Å²) >= 11 is 0. The standard InChI is InChI=1S/C24H22F3N7O/c1-13-20(28)24(12-35-13)6-9-33(10-7-24)23-30-21-18(22-29-8-11-34(22)23)17(31-32-21)5-2-14-15(25)3-4-16(26)19(14)27/h3-4,8,11,13,20H,6-7,9-10,12,28H2,1H3,(H,31,32)/t13-,20+/m0/s1. The number of nitrogens with zero attached hydrogens (tertiary/aromatic N) is 5. The largest absolute Gasteiger partial charge is 0.376 e. The van der Waals surface area contributed by atoms with Crippen molar-refractivity contribution in [3.05, 3.63) is 53.2 Å². The van der Waals surface area contributed by atoms with Crippen LogP contribution in [0.2, 0.25) is 0 Å². The van der Waals surface area contributed by atoms with E-state index in [0.717, 1.165) is 38.1 Å². The van der Waals surface area contributed by atoms with Crippen molar-refractivity contribution in [1.29, 1.82) is 0 Å². The van der Waals surface area contributed by atoms with E-state index >= 15 is 0 Å². The number of nitrogens with two attached hydrogens (primary N) is 1. The maximum Gasteiger partial charge on any atom is 0.213 e. The van der Waals surface area contributed by atoms with Crippen LogP contribution in [-0.2, 0) is 4.74 Å². The van der Waals surface area contributed by atoms with E-state index in [-0.39, 0.29) is 23.3 Å². The zero-order chi connectivity index (χ0) is 24.3. The number of hydrogen-bond donors (Lipinski definition) is 2. The molecule has 2 fully saturated rings. The molecular weight excluding hydrogens is 459 g/mol. The van der Waals surface area contributed by atoms with Crippen LogP contribution in [0.3, 0.4) is 0 Å². The van der Waals surface area contributed by atoms with Gasteiger partial charge in [-0.1, -0.05) is 5.92 Å². The van der Waals surface area contributed by atoms with Gasteiger partial charge in [-0.2, -0.15) is 10.1 Å². The van der Waals surface area contributed by atoms with Crippen molar-refractivity contribution in [2.24, 2.45) is 11.1 Å². The summed E-state index contributed by atoms with van der Waals surface area (Å²) in [6.07, 6.45) is 5.27. The number of aromatic nitrogens is 5. The lowest BCUT2D eigenvalue weighted by molar-refractivity contribution is 0.0973. The van der Waals surface area contributed by atoms with Gasteiger partial charge in [-0.15, -0.1) is 0 Å². The van der Waals surface area contributed by atoms with Crippen LogP contribution in [0.25, 0.3) is 16.7 Å². The van der Waals surface area contributed by atoms with E-state index in [1.54, 1.807) is 12.4 Å². The number of hydrogen-bond acceptors (Lipinski definition) is 6. The number of nitrogens with one attached hydrogen (secondary N) is 1. The molecule has 2 aliphatic rings. The smallest absolute Gasteiger partial charge is 0.213 e. The molecule has 35 heavy (non-hydrogen) atoms. The van der Waals surface area contributed by atoms with E-state index < -0.39 is 23.0 Å². The van der Waals surface area contributed by atoms with E-state index in [4.69, 9.17) is 15.5 Å². The minimum Gasteiger partial charge on any atom is -0.376 e. The Bertz CT molecular complexity index is 1510. The van der Waals surface area contributed by atoms with Crippen molar-refractivity contribution in [3.63, 3.8) is 0 Å². The number of aromatic amines is 1. The van der Waals surface area contributed by atoms with Crippen LogP contribution in [-0.4, -0.2) is 56.4 Å². The van der Waals surface area contributed by atoms with E-state index in [1.807, 2.05) is 11.3 Å². The number of rotatable bonds is 1. The van der Waals surface area contributed by atoms with Crippen LogP contribution in [0.1, 0.15) is 31.0 Å². The lowest BCUT2D eigenvalue weighted by Crippen LogP contribution is -2.51. The molecule has 0 bridgehead atoms. The summed E-state index contributed by atoms with van der Waals surface area (Å²) in [6, 6.07) is 1.56. The Kier molecular flexibility index (Phi) is 4.98. The topological polar surface area (TPSA) is 97.4 Å². The summed E-state index contributed by atoms with van der Waals surface area (Å²) < 4.78 is 49.2. The molecule has 2 aliphatic heterocycles. The monoisotopic (exact) mass is 481 g/mol. The van der Waals surface area contributed by atoms with Crippen LogP contribution >= 0.6 is 0 Å². The van der Waals surface area contributed by atoms with Gasteiger partial charge in [0.05, 0.1) is 23.7 Å². The molecule has 2 atom stereocenters. The quantitative estimate of drug-likeness (QED) is 0.321. The summed E-state index contributed by atoms with van der Waals surface area (Å²) in [4.78, 5) is 11.4. The van der Waals surface area contributed by atoms with Crippen molar-refractivity contribution in [2.45, 2.75) is 31.9 Å². The number of imidazole rings is 1. The zero-order valence-corrected chi connectivity index (χ0v) is 18.9. The molecule has 3 aromatic heterocycles. The fourth-order valence-corrected chi connectivity index (χ4v) is 5.13. The fraction of sp³-hybridized carbons (Fsp3) is 0.375. The number of halogens is 3. The first-order valence-corrected chi connectivity index (χ1v) is 11.4. The van der Waals surface area contributed by atoms with Crippen molar-refractivity contribution >= 4 is 22.6 Å². The Morgan fingerprint density at radius 1 is 1.17 bits per heavy atom. The molecule has 3 N–H and O–H groups in total. The van der Waals surface area contributed by atoms with Gasteiger partial charge in [-0.25, -0.2) is 18.2 Å². The van der Waals surface area contributed by atoms with Gasteiger partial charge >= 0.3 is 0 Å². The molecule has 11 heteroatoms. The van der Waals surface area contributed by atoms with Crippen LogP contribution in [0, 0.1) is 34.7 Å². The van der Waals surface area contributed by atoms with Gasteiger partial charge in [0, 0.05) is 36.9 Å². The second kappa shape index (κ2) is 7.96. The molecule has 1 spiro atoms. The Morgan fingerprint density at radius 2 is 1.94 bits per heavy atom. The lowest BCUT2D eigenvalue weighted by atomic mass is 9.73. The van der Waals surface area contributed by atoms with Gasteiger partial charge in [0.1, 0.15) is 11.5 Å². The summed E-state index contributed by atoms with van der Waals surface area (Å²) in [5.41, 5.74) is 6.98. The normalized spacial score (nSPS) is 21.7. The minimum atomic E-state index is -1.34. The Morgan fingerprint density at radius 3 is 2.69 bits per heavy atom. The number of anilines is 1. The summed E-state index contributed by atoms with van der Waals surface area (Å²) in [7, 11) is 0. The third-order valence-electron chi connectivity index (χ3n) is 7.28. The second-order valence-electron chi connectivity index (χ2n) is 9.19. The molecule has 6 rings (SSSR count). The fourth-order valence-electron chi connectivity index (χ4n) is 5.13. The maximum atomic E-state index is 14.0. The van der Waals surface area contributed by atoms with Gasteiger partial charge in [0.25, 0.3) is 0 Å². The molecule has 2 saturated heterocycles. The van der Waals surface area contributed by atoms with Crippen LogP contribution < -0.4 is 10.6 Å². The van der Waals surface area contributed by atoms with Gasteiger partial charge in [0.2, 0.25) is 5.95 Å². The van der Waals surface area contributed by atoms with Crippen molar-refractivity contribution in [2.75, 3.05) is 24.6 Å². The van der Waals surface area contributed by atoms with Crippen LogP contribution in [0.15, 0.2) is 24.5 Å². The zero-order valence-electron chi connectivity index (χ0n) is 18.9. The van der Waals surface area contributed by atoms with Gasteiger partial charge in [-0.05, 0) is 37.8 Å². The highest BCUT2D eigenvalue weighted by molar-refractivity contribution is 5.94. The van der Waals surface area contributed by atoms with Gasteiger partial charge in [-0.3, -0.25) is 9.50 Å². The van der Waals surface area contributed by atoms with Gasteiger partial charge in [0.15, 0.2) is 22.9 Å². The first-order chi connectivity index (χ1) is 16.9. The highest BCUT2D eigenvalue weighted by Gasteiger charge is 2.47. The third-order valence-corrected chi connectivity index (χ3v) is 7.28. The second-order valence-corrected chi connectivity index (χ2v) is 9.19. The molecule has 0 aliphatic carbocycles. The summed E-state index contributed by atoms with van der Waals surface area (Å²) in [6.45, 7) is 4.21. The summed E-state index contributed by atoms with van der Waals surface area (Å²) in [5, 5.41) is 7.53. The SMILES string of the molecule is C[C@@H]1OCC2(CCN(c3nc4[nH]nc(C#Cc5c(F)ccc(F)c5F)c4c4nccn34)CC2)[C@@H]1N. The number of ether oxygens (including phenoxy) is 1. The number of benzene rings is 1. The molecule has 0 saturated carbocycles. The number of H-pyrrole nitrogens is 1. The molecule has 4 aromatic rings. The highest BCUT2D eigenvalue weighted by Crippen LogP contribution is 2.42. The van der Waals surface area contributed by atoms with E-state index in [9.17, 15) is 13.2 Å². The molecule has 1 aromatic carbocycles. The Labute approximate surface area is 198 Å². The van der Waals surface area contributed by atoms with Crippen LogP contribution in [0.5, 0.6) is 0 Å². The maximum absolute atomic E-state index is 14.0. The predicted octanol–water partition coefficient (Wildman–Crippen LogP) is 2.76. The molecule has 180 valence electrons. The minimum absolute atomic E-state index is 0.00913. The molecule has 0 radical (unpaired) electrons. The Balaban J connectivity index is 1.36. The molecule has 8 nitrogen and oxygen atoms in total. The van der Waals surface area contributed by atoms with Crippen LogP contribution in [0.4, 0.5) is 19.1 Å². The van der Waals surface area contributed by atoms with Crippen molar-refractivity contribution < 1.29 is 17.9 Å². The van der Waals surface area contributed by atoms with E-state index in [2.05, 4.69) is 31.9 Å². The average Bonchev–Trinajstić information content (AvgIpc) is 3.57. The first-order valence-electron chi connectivity index (χ1n) is 11.4. The number of fused-ring (bicyclic) bond motifs is 3. The Hall–Kier alpha value is -3.62. The van der Waals surface area contributed by atoms with Crippen molar-refractivity contribution in [1.82, 2.24) is 24.6 Å². The number of piperidine rings is 1. The lowest BCUT2D eigenvalue weighted by Gasteiger charge is -2.41. The first kappa shape index (κ1) is 21.9. The average molecular weight is 481 g/mol. The third kappa shape index (κ3) is 3.36. The van der Waals surface area contributed by atoms with Gasteiger partial charge < -0.3 is 15.4 Å². The van der Waals surface area contributed by atoms with E-state index in [0.29, 0.717) is 29.2 Å². The highest BCUT2D eigenvalue weighted by atomic mass is 19.2. The van der Waals surface area contributed by atoms with Crippen molar-refractivity contribution in [3.8, 4) is 11.8 Å². The molecule has 0 unspecified atom stereocenters. The predicted molar refractivity (Wildman–Crippen MR) is 122 cm³/mol. The van der Waals surface area contributed by atoms with E-state index in [1.165, 1.54) is 0 Å². The molecule has 0 amide bonds. The molecule has 5 heterocycles. The summed E-state index contributed by atoms with van der Waals surface area (Å²) in [5.74, 6) is 2.24. The molecular formula is C24H22F3N7O.